The number of carbonyl (C=O) groups is 2. The molecule has 0 bridgehead atoms. The standard InChI is InChI=1S/C15H17N5O7S/c1-8-13(10(3)27-18-8)28(25,26)19-9(2)14(21)16-17-15(22)11-5-4-6-12(7-11)20(23)24/h4-7,9,19H,1-3H3,(H,16,21)(H,17,22)/t9-/m0/s1. The number of aryl methyl sites for hydroxylation is 2. The van der Waals surface area contributed by atoms with Gasteiger partial charge >= 0.3 is 0 Å². The number of carbonyl (C=O) groups excluding carboxylic acids is 2. The van der Waals surface area contributed by atoms with Crippen LogP contribution >= 0.6 is 0 Å². The van der Waals surface area contributed by atoms with Crippen LogP contribution in [0.3, 0.4) is 0 Å². The molecule has 0 saturated heterocycles. The second-order valence-corrected chi connectivity index (χ2v) is 7.40. The zero-order chi connectivity index (χ0) is 21.1. The van der Waals surface area contributed by atoms with Gasteiger partial charge in [0.15, 0.2) is 5.76 Å². The smallest absolute Gasteiger partial charge is 0.270 e. The molecule has 0 radical (unpaired) electrons. The van der Waals surface area contributed by atoms with Crippen molar-refractivity contribution in [2.45, 2.75) is 31.7 Å². The van der Waals surface area contributed by atoms with Crippen molar-refractivity contribution in [1.29, 1.82) is 0 Å². The van der Waals surface area contributed by atoms with Crippen molar-refractivity contribution in [2.75, 3.05) is 0 Å². The van der Waals surface area contributed by atoms with E-state index in [-0.39, 0.29) is 27.6 Å². The Hall–Kier alpha value is -3.32. The van der Waals surface area contributed by atoms with E-state index < -0.39 is 32.8 Å². The predicted molar refractivity (Wildman–Crippen MR) is 94.5 cm³/mol. The number of rotatable bonds is 6. The molecule has 28 heavy (non-hydrogen) atoms. The number of nitrogens with zero attached hydrogens (tertiary/aromatic N) is 2. The molecule has 12 nitrogen and oxygen atoms in total. The highest BCUT2D eigenvalue weighted by atomic mass is 32.2. The average molecular weight is 411 g/mol. The summed E-state index contributed by atoms with van der Waals surface area (Å²) in [5.41, 5.74) is 3.90. The number of hydrogen-bond donors (Lipinski definition) is 3. The predicted octanol–water partition coefficient (Wildman–Crippen LogP) is 0.328. The van der Waals surface area contributed by atoms with Gasteiger partial charge in [-0.2, -0.15) is 4.72 Å². The van der Waals surface area contributed by atoms with E-state index in [9.17, 15) is 28.1 Å². The lowest BCUT2D eigenvalue weighted by Crippen LogP contribution is -2.51. The van der Waals surface area contributed by atoms with E-state index in [1.807, 2.05) is 0 Å². The molecule has 0 fully saturated rings. The van der Waals surface area contributed by atoms with E-state index in [4.69, 9.17) is 4.52 Å². The number of nitrogens with one attached hydrogen (secondary N) is 3. The molecule has 0 aliphatic carbocycles. The summed E-state index contributed by atoms with van der Waals surface area (Å²) in [6.45, 7) is 4.12. The van der Waals surface area contributed by atoms with E-state index in [2.05, 4.69) is 20.7 Å². The summed E-state index contributed by atoms with van der Waals surface area (Å²) >= 11 is 0. The molecule has 13 heteroatoms. The number of non-ortho nitro benzene ring substituents is 1. The van der Waals surface area contributed by atoms with Gasteiger partial charge in [0.1, 0.15) is 10.6 Å². The van der Waals surface area contributed by atoms with Crippen molar-refractivity contribution in [1.82, 2.24) is 20.7 Å². The van der Waals surface area contributed by atoms with Gasteiger partial charge in [-0.1, -0.05) is 11.2 Å². The van der Waals surface area contributed by atoms with Crippen molar-refractivity contribution < 1.29 is 27.5 Å². The van der Waals surface area contributed by atoms with Crippen LogP contribution in [-0.4, -0.2) is 36.4 Å². The molecule has 0 spiro atoms. The Bertz CT molecular complexity index is 1010. The second kappa shape index (κ2) is 8.14. The van der Waals surface area contributed by atoms with Gasteiger partial charge in [0, 0.05) is 17.7 Å². The first-order valence-corrected chi connectivity index (χ1v) is 9.31. The molecule has 1 atom stereocenters. The van der Waals surface area contributed by atoms with Gasteiger partial charge in [0.2, 0.25) is 10.0 Å². The first-order valence-electron chi connectivity index (χ1n) is 7.82. The lowest BCUT2D eigenvalue weighted by atomic mass is 10.2. The van der Waals surface area contributed by atoms with Crippen LogP contribution in [0.1, 0.15) is 28.7 Å². The monoisotopic (exact) mass is 411 g/mol. The van der Waals surface area contributed by atoms with Crippen LogP contribution in [-0.2, 0) is 14.8 Å². The summed E-state index contributed by atoms with van der Waals surface area (Å²) in [6.07, 6.45) is 0. The molecule has 2 aromatic rings. The normalized spacial score (nSPS) is 12.2. The fourth-order valence-corrected chi connectivity index (χ4v) is 3.80. The molecule has 0 aliphatic heterocycles. The lowest BCUT2D eigenvalue weighted by molar-refractivity contribution is -0.384. The van der Waals surface area contributed by atoms with Gasteiger partial charge < -0.3 is 4.52 Å². The molecule has 2 rings (SSSR count). The molecule has 0 aliphatic rings. The fraction of sp³-hybridized carbons (Fsp3) is 0.267. The highest BCUT2D eigenvalue weighted by Crippen LogP contribution is 2.18. The maximum absolute atomic E-state index is 12.4. The van der Waals surface area contributed by atoms with Crippen molar-refractivity contribution in [3.63, 3.8) is 0 Å². The van der Waals surface area contributed by atoms with Crippen molar-refractivity contribution in [3.05, 3.63) is 51.4 Å². The first kappa shape index (κ1) is 21.0. The first-order chi connectivity index (χ1) is 13.0. The Morgan fingerprint density at radius 2 is 1.93 bits per heavy atom. The number of amides is 2. The Kier molecular flexibility index (Phi) is 6.10. The van der Waals surface area contributed by atoms with Crippen LogP contribution in [0.5, 0.6) is 0 Å². The van der Waals surface area contributed by atoms with Gasteiger partial charge in [0.25, 0.3) is 17.5 Å². The summed E-state index contributed by atoms with van der Waals surface area (Å²) in [4.78, 5) is 34.0. The van der Waals surface area contributed by atoms with E-state index in [0.717, 1.165) is 6.07 Å². The molecule has 1 aromatic carbocycles. The van der Waals surface area contributed by atoms with Gasteiger partial charge in [0.05, 0.1) is 11.0 Å². The largest absolute Gasteiger partial charge is 0.360 e. The Labute approximate surface area is 159 Å². The zero-order valence-electron chi connectivity index (χ0n) is 15.0. The van der Waals surface area contributed by atoms with E-state index in [0.29, 0.717) is 0 Å². The second-order valence-electron chi connectivity index (χ2n) is 5.75. The van der Waals surface area contributed by atoms with Crippen molar-refractivity contribution in [2.24, 2.45) is 0 Å². The third kappa shape index (κ3) is 4.69. The van der Waals surface area contributed by atoms with E-state index in [1.165, 1.54) is 39.0 Å². The third-order valence-electron chi connectivity index (χ3n) is 3.58. The van der Waals surface area contributed by atoms with Gasteiger partial charge in [-0.3, -0.25) is 30.6 Å². The van der Waals surface area contributed by atoms with Gasteiger partial charge in [-0.05, 0) is 26.8 Å². The molecule has 2 amide bonds. The highest BCUT2D eigenvalue weighted by Gasteiger charge is 2.28. The Balaban J connectivity index is 2.00. The molecular formula is C15H17N5O7S. The minimum atomic E-state index is -4.08. The summed E-state index contributed by atoms with van der Waals surface area (Å²) in [6, 6.07) is 3.63. The summed E-state index contributed by atoms with van der Waals surface area (Å²) in [7, 11) is -4.08. The van der Waals surface area contributed by atoms with E-state index >= 15 is 0 Å². The SMILES string of the molecule is Cc1noc(C)c1S(=O)(=O)N[C@@H](C)C(=O)NNC(=O)c1cccc([N+](=O)[O-])c1. The van der Waals surface area contributed by atoms with Crippen molar-refractivity contribution in [3.8, 4) is 0 Å². The molecular weight excluding hydrogens is 394 g/mol. The number of aromatic nitrogens is 1. The average Bonchev–Trinajstić information content (AvgIpc) is 2.98. The number of benzene rings is 1. The third-order valence-corrected chi connectivity index (χ3v) is 5.36. The van der Waals surface area contributed by atoms with Crippen LogP contribution in [0.15, 0.2) is 33.7 Å². The number of nitro groups is 1. The fourth-order valence-electron chi connectivity index (χ4n) is 2.26. The molecule has 0 unspecified atom stereocenters. The lowest BCUT2D eigenvalue weighted by Gasteiger charge is -2.14. The summed E-state index contributed by atoms with van der Waals surface area (Å²) < 4.78 is 31.7. The summed E-state index contributed by atoms with van der Waals surface area (Å²) in [5.74, 6) is -1.59. The topological polar surface area (TPSA) is 174 Å². The maximum Gasteiger partial charge on any atom is 0.270 e. The van der Waals surface area contributed by atoms with Gasteiger partial charge in [-0.25, -0.2) is 8.42 Å². The molecule has 0 saturated carbocycles. The van der Waals surface area contributed by atoms with Crippen LogP contribution in [0.25, 0.3) is 0 Å². The van der Waals surface area contributed by atoms with Crippen LogP contribution in [0.4, 0.5) is 5.69 Å². The number of hydrazine groups is 1. The number of nitro benzene ring substituents is 1. The molecule has 1 aromatic heterocycles. The number of sulfonamides is 1. The molecule has 1 heterocycles. The van der Waals surface area contributed by atoms with Crippen LogP contribution < -0.4 is 15.6 Å². The summed E-state index contributed by atoms with van der Waals surface area (Å²) in [5, 5.41) is 14.3. The minimum Gasteiger partial charge on any atom is -0.360 e. The molecule has 150 valence electrons. The van der Waals surface area contributed by atoms with Gasteiger partial charge in [-0.15, -0.1) is 0 Å². The van der Waals surface area contributed by atoms with E-state index in [1.54, 1.807) is 0 Å². The minimum absolute atomic E-state index is 0.0570. The van der Waals surface area contributed by atoms with Crippen molar-refractivity contribution >= 4 is 27.5 Å². The number of hydrogen-bond acceptors (Lipinski definition) is 8. The highest BCUT2D eigenvalue weighted by molar-refractivity contribution is 7.89. The maximum atomic E-state index is 12.4. The van der Waals surface area contributed by atoms with Crippen LogP contribution in [0.2, 0.25) is 0 Å². The Morgan fingerprint density at radius 3 is 2.50 bits per heavy atom. The zero-order valence-corrected chi connectivity index (χ0v) is 15.9. The van der Waals surface area contributed by atoms with Crippen LogP contribution in [0, 0.1) is 24.0 Å². The Morgan fingerprint density at radius 1 is 1.25 bits per heavy atom. The quantitative estimate of drug-likeness (QED) is 0.450. The molecule has 3 N–H and O–H groups in total.